The number of fused-ring (bicyclic) bond motifs is 1. The zero-order chi connectivity index (χ0) is 19.7. The van der Waals surface area contributed by atoms with Gasteiger partial charge in [-0.25, -0.2) is 0 Å². The van der Waals surface area contributed by atoms with Crippen molar-refractivity contribution in [1.82, 2.24) is 0 Å². The third-order valence-corrected chi connectivity index (χ3v) is 8.43. The highest BCUT2D eigenvalue weighted by molar-refractivity contribution is 5.37. The van der Waals surface area contributed by atoms with Gasteiger partial charge in [0.25, 0.3) is 0 Å². The molecular formula is C26H38O2. The minimum absolute atomic E-state index is 0.169. The summed E-state index contributed by atoms with van der Waals surface area (Å²) in [5.74, 6) is 1.46. The molecule has 0 aromatic heterocycles. The molecule has 0 amide bonds. The van der Waals surface area contributed by atoms with Crippen molar-refractivity contribution in [2.75, 3.05) is 0 Å². The van der Waals surface area contributed by atoms with Gasteiger partial charge in [-0.2, -0.15) is 0 Å². The predicted octanol–water partition coefficient (Wildman–Crippen LogP) is 6.02. The molecule has 5 atom stereocenters. The van der Waals surface area contributed by atoms with Crippen molar-refractivity contribution < 1.29 is 10.2 Å². The first-order valence-electron chi connectivity index (χ1n) is 11.6. The molecule has 154 valence electrons. The van der Waals surface area contributed by atoms with E-state index in [1.807, 2.05) is 0 Å². The lowest BCUT2D eigenvalue weighted by molar-refractivity contribution is 0.136. The molecule has 4 fully saturated rings. The van der Waals surface area contributed by atoms with Gasteiger partial charge in [-0.15, -0.1) is 0 Å². The summed E-state index contributed by atoms with van der Waals surface area (Å²) in [6.07, 6.45) is 20.4. The normalized spacial score (nSPS) is 43.2. The Morgan fingerprint density at radius 1 is 0.929 bits per heavy atom. The van der Waals surface area contributed by atoms with E-state index in [9.17, 15) is 10.2 Å². The summed E-state index contributed by atoms with van der Waals surface area (Å²) < 4.78 is 0. The number of aliphatic hydroxyl groups excluding tert-OH is 2. The molecular weight excluding hydrogens is 344 g/mol. The maximum Gasteiger partial charge on any atom is 0.0787 e. The number of rotatable bonds is 3. The predicted molar refractivity (Wildman–Crippen MR) is 116 cm³/mol. The SMILES string of the molecule is C=C1/C(=C\C=C2/CCCC3(C)C(C/C=C4\CCCC4O)CCC23)CCCC1O. The molecule has 2 heteroatoms. The summed E-state index contributed by atoms with van der Waals surface area (Å²) in [7, 11) is 0. The lowest BCUT2D eigenvalue weighted by Crippen LogP contribution is -2.33. The van der Waals surface area contributed by atoms with Crippen LogP contribution in [-0.4, -0.2) is 22.4 Å². The van der Waals surface area contributed by atoms with Crippen LogP contribution < -0.4 is 0 Å². The van der Waals surface area contributed by atoms with Gasteiger partial charge in [-0.3, -0.25) is 0 Å². The fourth-order valence-corrected chi connectivity index (χ4v) is 6.55. The second-order valence-electron chi connectivity index (χ2n) is 9.98. The van der Waals surface area contributed by atoms with E-state index in [0.29, 0.717) is 11.3 Å². The number of aliphatic hydroxyl groups is 2. The minimum Gasteiger partial charge on any atom is -0.389 e. The van der Waals surface area contributed by atoms with Gasteiger partial charge < -0.3 is 10.2 Å². The highest BCUT2D eigenvalue weighted by Gasteiger charge is 2.48. The second kappa shape index (κ2) is 8.32. The molecule has 4 saturated carbocycles. The van der Waals surface area contributed by atoms with Gasteiger partial charge >= 0.3 is 0 Å². The van der Waals surface area contributed by atoms with Gasteiger partial charge in [0.05, 0.1) is 12.2 Å². The molecule has 28 heavy (non-hydrogen) atoms. The van der Waals surface area contributed by atoms with E-state index < -0.39 is 0 Å². The molecule has 0 saturated heterocycles. The molecule has 0 heterocycles. The Labute approximate surface area is 171 Å². The van der Waals surface area contributed by atoms with Crippen LogP contribution in [0.1, 0.15) is 84.0 Å². The van der Waals surface area contributed by atoms with E-state index in [-0.39, 0.29) is 12.2 Å². The Kier molecular flexibility index (Phi) is 5.99. The lowest BCUT2D eigenvalue weighted by atomic mass is 9.63. The van der Waals surface area contributed by atoms with E-state index in [1.54, 1.807) is 5.57 Å². The Bertz CT molecular complexity index is 697. The number of hydrogen-bond acceptors (Lipinski definition) is 2. The van der Waals surface area contributed by atoms with Gasteiger partial charge in [0.15, 0.2) is 0 Å². The Hall–Kier alpha value is -1.12. The van der Waals surface area contributed by atoms with Crippen molar-refractivity contribution >= 4 is 0 Å². The van der Waals surface area contributed by atoms with Gasteiger partial charge in [0, 0.05) is 0 Å². The molecule has 4 aliphatic rings. The molecule has 0 radical (unpaired) electrons. The first-order valence-corrected chi connectivity index (χ1v) is 11.6. The van der Waals surface area contributed by atoms with E-state index in [4.69, 9.17) is 0 Å². The Balaban J connectivity index is 1.48. The highest BCUT2D eigenvalue weighted by Crippen LogP contribution is 2.58. The summed E-state index contributed by atoms with van der Waals surface area (Å²) in [6, 6.07) is 0. The van der Waals surface area contributed by atoms with E-state index in [2.05, 4.69) is 31.7 Å². The minimum atomic E-state index is -0.343. The van der Waals surface area contributed by atoms with Crippen LogP contribution in [0.4, 0.5) is 0 Å². The maximum absolute atomic E-state index is 10.1. The first kappa shape index (κ1) is 20.2. The lowest BCUT2D eigenvalue weighted by Gasteiger charge is -2.42. The van der Waals surface area contributed by atoms with Gasteiger partial charge in [0.1, 0.15) is 0 Å². The monoisotopic (exact) mass is 382 g/mol. The molecule has 4 rings (SSSR count). The molecule has 0 bridgehead atoms. The van der Waals surface area contributed by atoms with Crippen LogP contribution in [0.25, 0.3) is 0 Å². The Morgan fingerprint density at radius 2 is 1.68 bits per heavy atom. The van der Waals surface area contributed by atoms with Crippen molar-refractivity contribution in [3.63, 3.8) is 0 Å². The van der Waals surface area contributed by atoms with Crippen molar-refractivity contribution in [1.29, 1.82) is 0 Å². The molecule has 0 aromatic carbocycles. The third-order valence-electron chi connectivity index (χ3n) is 8.43. The molecule has 2 N–H and O–H groups in total. The van der Waals surface area contributed by atoms with Crippen LogP contribution in [-0.2, 0) is 0 Å². The standard InChI is InChI=1S/C26H38O2/c1-18-19(6-3-9-24(18)27)11-12-20-8-5-17-26(2)22(15-16-23(20)26)14-13-21-7-4-10-25(21)28/h11-13,22-25,27-28H,1,3-10,14-17H2,2H3/b19-11-,20-12+,21-13+. The van der Waals surface area contributed by atoms with Crippen LogP contribution >= 0.6 is 0 Å². The molecule has 0 aromatic rings. The summed E-state index contributed by atoms with van der Waals surface area (Å²) >= 11 is 0. The second-order valence-corrected chi connectivity index (χ2v) is 9.98. The average Bonchev–Trinajstić information content (AvgIpc) is 3.24. The molecule has 2 nitrogen and oxygen atoms in total. The first-order chi connectivity index (χ1) is 13.5. The molecule has 0 aliphatic heterocycles. The fraction of sp³-hybridized carbons (Fsp3) is 0.692. The smallest absolute Gasteiger partial charge is 0.0787 e. The highest BCUT2D eigenvalue weighted by atomic mass is 16.3. The zero-order valence-electron chi connectivity index (χ0n) is 17.6. The average molecular weight is 383 g/mol. The largest absolute Gasteiger partial charge is 0.389 e. The van der Waals surface area contributed by atoms with Crippen LogP contribution in [0, 0.1) is 17.3 Å². The topological polar surface area (TPSA) is 40.5 Å². The van der Waals surface area contributed by atoms with Crippen molar-refractivity contribution in [3.8, 4) is 0 Å². The van der Waals surface area contributed by atoms with Crippen molar-refractivity contribution in [3.05, 3.63) is 47.1 Å². The van der Waals surface area contributed by atoms with Gasteiger partial charge in [-0.05, 0) is 111 Å². The summed E-state index contributed by atoms with van der Waals surface area (Å²) in [6.45, 7) is 6.66. The van der Waals surface area contributed by atoms with Crippen LogP contribution in [0.2, 0.25) is 0 Å². The van der Waals surface area contributed by atoms with Gasteiger partial charge in [0.2, 0.25) is 0 Å². The third kappa shape index (κ3) is 3.83. The van der Waals surface area contributed by atoms with Crippen LogP contribution in [0.15, 0.2) is 47.1 Å². The number of allylic oxidation sites excluding steroid dienone is 4. The fourth-order valence-electron chi connectivity index (χ4n) is 6.55. The maximum atomic E-state index is 10.1. The molecule has 5 unspecified atom stereocenters. The summed E-state index contributed by atoms with van der Waals surface area (Å²) in [5.41, 5.74) is 5.54. The molecule has 0 spiro atoms. The van der Waals surface area contributed by atoms with Gasteiger partial charge in [-0.1, -0.05) is 37.3 Å². The zero-order valence-corrected chi connectivity index (χ0v) is 17.6. The summed E-state index contributed by atoms with van der Waals surface area (Å²) in [4.78, 5) is 0. The summed E-state index contributed by atoms with van der Waals surface area (Å²) in [5, 5.41) is 20.2. The quantitative estimate of drug-likeness (QED) is 0.586. The van der Waals surface area contributed by atoms with Crippen molar-refractivity contribution in [2.45, 2.75) is 96.2 Å². The van der Waals surface area contributed by atoms with E-state index in [0.717, 1.165) is 56.4 Å². The van der Waals surface area contributed by atoms with E-state index >= 15 is 0 Å². The van der Waals surface area contributed by atoms with Crippen LogP contribution in [0.3, 0.4) is 0 Å². The number of hydrogen-bond donors (Lipinski definition) is 2. The Morgan fingerprint density at radius 3 is 2.46 bits per heavy atom. The van der Waals surface area contributed by atoms with Crippen molar-refractivity contribution in [2.24, 2.45) is 17.3 Å². The van der Waals surface area contributed by atoms with Crippen LogP contribution in [0.5, 0.6) is 0 Å². The van der Waals surface area contributed by atoms with E-state index in [1.165, 1.54) is 43.3 Å². The molecule has 4 aliphatic carbocycles.